The van der Waals surface area contributed by atoms with E-state index in [4.69, 9.17) is 10.5 Å². The van der Waals surface area contributed by atoms with Gasteiger partial charge < -0.3 is 10.5 Å². The fraction of sp³-hybridized carbons (Fsp3) is 0.900. The first-order valence-electron chi connectivity index (χ1n) is 4.83. The first kappa shape index (κ1) is 12.6. The molecule has 78 valence electrons. The largest absolute Gasteiger partial charge is 0.377 e. The van der Waals surface area contributed by atoms with Gasteiger partial charge in [-0.1, -0.05) is 13.8 Å². The third kappa shape index (κ3) is 6.72. The predicted octanol–water partition coefficient (Wildman–Crippen LogP) is 1.35. The van der Waals surface area contributed by atoms with Gasteiger partial charge in [0, 0.05) is 6.42 Å². The lowest BCUT2D eigenvalue weighted by atomic mass is 10.0. The summed E-state index contributed by atoms with van der Waals surface area (Å²) in [7, 11) is 0. The zero-order valence-electron chi connectivity index (χ0n) is 9.04. The second-order valence-electron chi connectivity index (χ2n) is 4.05. The molecule has 0 radical (unpaired) electrons. The standard InChI is InChI=1S/C10H21NO2/c1-7(2)5-10(12)9(11)6-13-8(3)4/h7-9H,5-6,11H2,1-4H3. The van der Waals surface area contributed by atoms with Crippen LogP contribution in [0.1, 0.15) is 34.1 Å². The lowest BCUT2D eigenvalue weighted by molar-refractivity contribution is -0.122. The molecule has 1 atom stereocenters. The monoisotopic (exact) mass is 187 g/mol. The average molecular weight is 187 g/mol. The van der Waals surface area contributed by atoms with Gasteiger partial charge in [-0.05, 0) is 19.8 Å². The lowest BCUT2D eigenvalue weighted by Gasteiger charge is -2.14. The Bertz CT molecular complexity index is 155. The van der Waals surface area contributed by atoms with E-state index in [1.165, 1.54) is 0 Å². The van der Waals surface area contributed by atoms with E-state index in [-0.39, 0.29) is 11.9 Å². The summed E-state index contributed by atoms with van der Waals surface area (Å²) in [6.07, 6.45) is 0.681. The maximum Gasteiger partial charge on any atom is 0.152 e. The SMILES string of the molecule is CC(C)CC(=O)C(N)COC(C)C. The van der Waals surface area contributed by atoms with Gasteiger partial charge in [0.2, 0.25) is 0 Å². The molecule has 0 rings (SSSR count). The van der Waals surface area contributed by atoms with E-state index in [9.17, 15) is 4.79 Å². The second kappa shape index (κ2) is 6.11. The summed E-state index contributed by atoms with van der Waals surface area (Å²) in [6, 6.07) is -0.454. The van der Waals surface area contributed by atoms with Crippen molar-refractivity contribution in [1.82, 2.24) is 0 Å². The highest BCUT2D eigenvalue weighted by atomic mass is 16.5. The lowest BCUT2D eigenvalue weighted by Crippen LogP contribution is -2.36. The molecule has 0 bridgehead atoms. The van der Waals surface area contributed by atoms with Crippen LogP contribution in [0.2, 0.25) is 0 Å². The van der Waals surface area contributed by atoms with Crippen molar-refractivity contribution >= 4 is 5.78 Å². The van der Waals surface area contributed by atoms with Crippen LogP contribution in [-0.4, -0.2) is 24.5 Å². The number of nitrogens with two attached hydrogens (primary N) is 1. The molecule has 0 spiro atoms. The number of ether oxygens (including phenoxy) is 1. The Morgan fingerprint density at radius 1 is 1.31 bits per heavy atom. The van der Waals surface area contributed by atoms with Gasteiger partial charge in [0.05, 0.1) is 18.8 Å². The Balaban J connectivity index is 3.69. The maximum absolute atomic E-state index is 11.4. The third-order valence-electron chi connectivity index (χ3n) is 1.63. The van der Waals surface area contributed by atoms with Crippen molar-refractivity contribution in [3.63, 3.8) is 0 Å². The Labute approximate surface area is 80.6 Å². The van der Waals surface area contributed by atoms with Crippen molar-refractivity contribution in [1.29, 1.82) is 0 Å². The van der Waals surface area contributed by atoms with Gasteiger partial charge >= 0.3 is 0 Å². The Morgan fingerprint density at radius 3 is 2.23 bits per heavy atom. The molecule has 0 aliphatic carbocycles. The van der Waals surface area contributed by atoms with E-state index in [0.29, 0.717) is 18.9 Å². The fourth-order valence-electron chi connectivity index (χ4n) is 0.943. The number of hydrogen-bond donors (Lipinski definition) is 1. The first-order valence-corrected chi connectivity index (χ1v) is 4.83. The molecule has 0 saturated heterocycles. The molecule has 0 aromatic carbocycles. The van der Waals surface area contributed by atoms with Crippen LogP contribution in [0, 0.1) is 5.92 Å². The summed E-state index contributed by atoms with van der Waals surface area (Å²) in [5, 5.41) is 0. The highest BCUT2D eigenvalue weighted by molar-refractivity contribution is 5.84. The Kier molecular flexibility index (Phi) is 5.91. The van der Waals surface area contributed by atoms with Gasteiger partial charge in [-0.2, -0.15) is 0 Å². The van der Waals surface area contributed by atoms with Crippen molar-refractivity contribution in [2.75, 3.05) is 6.61 Å². The second-order valence-corrected chi connectivity index (χ2v) is 4.05. The van der Waals surface area contributed by atoms with E-state index in [0.717, 1.165) is 0 Å². The van der Waals surface area contributed by atoms with E-state index in [2.05, 4.69) is 0 Å². The van der Waals surface area contributed by atoms with Crippen molar-refractivity contribution in [2.45, 2.75) is 46.3 Å². The number of rotatable bonds is 6. The average Bonchev–Trinajstić information content (AvgIpc) is 1.98. The minimum atomic E-state index is -0.454. The summed E-state index contributed by atoms with van der Waals surface area (Å²) in [5.74, 6) is 0.466. The normalized spacial score (nSPS) is 13.8. The quantitative estimate of drug-likeness (QED) is 0.683. The van der Waals surface area contributed by atoms with Crippen molar-refractivity contribution in [2.24, 2.45) is 11.7 Å². The van der Waals surface area contributed by atoms with Gasteiger partial charge in [0.25, 0.3) is 0 Å². The van der Waals surface area contributed by atoms with E-state index in [1.54, 1.807) is 0 Å². The molecule has 13 heavy (non-hydrogen) atoms. The molecule has 0 saturated carbocycles. The topological polar surface area (TPSA) is 52.3 Å². The maximum atomic E-state index is 11.4. The van der Waals surface area contributed by atoms with Crippen molar-refractivity contribution < 1.29 is 9.53 Å². The summed E-state index contributed by atoms with van der Waals surface area (Å²) in [4.78, 5) is 11.4. The fourth-order valence-corrected chi connectivity index (χ4v) is 0.943. The minimum absolute atomic E-state index is 0.0932. The van der Waals surface area contributed by atoms with Crippen LogP contribution in [-0.2, 0) is 9.53 Å². The third-order valence-corrected chi connectivity index (χ3v) is 1.63. The van der Waals surface area contributed by atoms with Crippen LogP contribution in [0.4, 0.5) is 0 Å². The number of hydrogen-bond acceptors (Lipinski definition) is 3. The van der Waals surface area contributed by atoms with Gasteiger partial charge in [-0.15, -0.1) is 0 Å². The molecular weight excluding hydrogens is 166 g/mol. The van der Waals surface area contributed by atoms with Crippen LogP contribution in [0.5, 0.6) is 0 Å². The molecule has 2 N–H and O–H groups in total. The summed E-state index contributed by atoms with van der Waals surface area (Å²) >= 11 is 0. The molecule has 1 unspecified atom stereocenters. The summed E-state index contributed by atoms with van der Waals surface area (Å²) < 4.78 is 5.26. The van der Waals surface area contributed by atoms with Gasteiger partial charge in [0.15, 0.2) is 5.78 Å². The Morgan fingerprint density at radius 2 is 1.85 bits per heavy atom. The Hall–Kier alpha value is -0.410. The number of carbonyl (C=O) groups is 1. The van der Waals surface area contributed by atoms with Gasteiger partial charge in [0.1, 0.15) is 0 Å². The van der Waals surface area contributed by atoms with Gasteiger partial charge in [-0.25, -0.2) is 0 Å². The molecule has 0 heterocycles. The molecule has 0 amide bonds. The number of carbonyl (C=O) groups excluding carboxylic acids is 1. The summed E-state index contributed by atoms with van der Waals surface area (Å²) in [5.41, 5.74) is 5.64. The molecule has 0 aliphatic rings. The van der Waals surface area contributed by atoms with E-state index < -0.39 is 6.04 Å². The smallest absolute Gasteiger partial charge is 0.152 e. The highest BCUT2D eigenvalue weighted by Gasteiger charge is 2.15. The number of Topliss-reactive ketones (excluding diaryl/α,β-unsaturated/α-hetero) is 1. The zero-order chi connectivity index (χ0) is 10.4. The van der Waals surface area contributed by atoms with Crippen molar-refractivity contribution in [3.8, 4) is 0 Å². The predicted molar refractivity (Wildman–Crippen MR) is 53.5 cm³/mol. The first-order chi connectivity index (χ1) is 5.93. The molecule has 0 aromatic heterocycles. The summed E-state index contributed by atoms with van der Waals surface area (Å²) in [6.45, 7) is 8.21. The van der Waals surface area contributed by atoms with Crippen LogP contribution >= 0.6 is 0 Å². The molecule has 3 heteroatoms. The molecule has 0 aromatic rings. The van der Waals surface area contributed by atoms with Crippen LogP contribution in [0.3, 0.4) is 0 Å². The number of ketones is 1. The van der Waals surface area contributed by atoms with Crippen molar-refractivity contribution in [3.05, 3.63) is 0 Å². The van der Waals surface area contributed by atoms with Crippen LogP contribution in [0.25, 0.3) is 0 Å². The molecular formula is C10H21NO2. The molecule has 3 nitrogen and oxygen atoms in total. The minimum Gasteiger partial charge on any atom is -0.377 e. The van der Waals surface area contributed by atoms with Crippen LogP contribution in [0.15, 0.2) is 0 Å². The molecule has 0 aliphatic heterocycles. The molecule has 0 fully saturated rings. The van der Waals surface area contributed by atoms with E-state index in [1.807, 2.05) is 27.7 Å². The van der Waals surface area contributed by atoms with Crippen LogP contribution < -0.4 is 5.73 Å². The van der Waals surface area contributed by atoms with Gasteiger partial charge in [-0.3, -0.25) is 4.79 Å². The van der Waals surface area contributed by atoms with E-state index >= 15 is 0 Å². The zero-order valence-corrected chi connectivity index (χ0v) is 9.04. The highest BCUT2D eigenvalue weighted by Crippen LogP contribution is 2.02.